The Kier molecular flexibility index (Phi) is 3.71. The molecule has 1 aliphatic rings. The van der Waals surface area contributed by atoms with Crippen LogP contribution in [0, 0.1) is 5.92 Å². The molecule has 1 aromatic carbocycles. The van der Waals surface area contributed by atoms with Crippen molar-refractivity contribution in [3.05, 3.63) is 30.6 Å². The molecule has 1 fully saturated rings. The standard InChI is InChI=1S/C18H19N9O/c1-26-15-5-4-13(7-11(15)8-21-26)27-17-14(24-25-27)9-20-18(23-17)22-12-3-2-10(6-12)16(19)28/h4-5,7-10,12H,2-3,6H2,1H3,(H2,19,28)(H,20,22,23)/t10-,12-/m1/s1. The van der Waals surface area contributed by atoms with Crippen LogP contribution >= 0.6 is 0 Å². The number of anilines is 1. The first-order chi connectivity index (χ1) is 13.6. The molecule has 1 aliphatic carbocycles. The third kappa shape index (κ3) is 2.73. The van der Waals surface area contributed by atoms with Crippen molar-refractivity contribution in [2.24, 2.45) is 18.7 Å². The minimum absolute atomic E-state index is 0.0837. The minimum Gasteiger partial charge on any atom is -0.369 e. The summed E-state index contributed by atoms with van der Waals surface area (Å²) >= 11 is 0. The van der Waals surface area contributed by atoms with Gasteiger partial charge in [0.15, 0.2) is 11.2 Å². The topological polar surface area (TPSA) is 129 Å². The molecule has 0 bridgehead atoms. The van der Waals surface area contributed by atoms with E-state index in [2.05, 4.69) is 30.7 Å². The van der Waals surface area contributed by atoms with E-state index in [0.29, 0.717) is 23.5 Å². The fraction of sp³-hybridized carbons (Fsp3) is 0.333. The van der Waals surface area contributed by atoms with Crippen molar-refractivity contribution in [3.63, 3.8) is 0 Å². The monoisotopic (exact) mass is 377 g/mol. The number of primary amides is 1. The van der Waals surface area contributed by atoms with Crippen LogP contribution in [0.3, 0.4) is 0 Å². The molecule has 0 unspecified atom stereocenters. The van der Waals surface area contributed by atoms with Gasteiger partial charge in [0, 0.05) is 24.4 Å². The number of aromatic nitrogens is 7. The van der Waals surface area contributed by atoms with Crippen LogP contribution in [0.5, 0.6) is 0 Å². The van der Waals surface area contributed by atoms with Gasteiger partial charge in [-0.25, -0.2) is 4.98 Å². The van der Waals surface area contributed by atoms with Crippen molar-refractivity contribution >= 4 is 33.9 Å². The third-order valence-corrected chi connectivity index (χ3v) is 5.34. The highest BCUT2D eigenvalue weighted by atomic mass is 16.1. The summed E-state index contributed by atoms with van der Waals surface area (Å²) in [4.78, 5) is 20.3. The van der Waals surface area contributed by atoms with E-state index in [9.17, 15) is 4.79 Å². The predicted molar refractivity (Wildman–Crippen MR) is 103 cm³/mol. The zero-order valence-electron chi connectivity index (χ0n) is 15.3. The molecule has 10 nitrogen and oxygen atoms in total. The summed E-state index contributed by atoms with van der Waals surface area (Å²) in [6, 6.07) is 6.08. The molecule has 0 aliphatic heterocycles. The minimum atomic E-state index is -0.242. The van der Waals surface area contributed by atoms with Gasteiger partial charge >= 0.3 is 0 Å². The summed E-state index contributed by atoms with van der Waals surface area (Å²) in [5.74, 6) is 0.169. The average Bonchev–Trinajstić information content (AvgIpc) is 3.40. The van der Waals surface area contributed by atoms with Crippen LogP contribution < -0.4 is 11.1 Å². The number of amides is 1. The molecular weight excluding hydrogens is 358 g/mol. The molecule has 3 heterocycles. The van der Waals surface area contributed by atoms with Crippen molar-refractivity contribution in [1.29, 1.82) is 0 Å². The number of hydrogen-bond donors (Lipinski definition) is 2. The molecule has 10 heteroatoms. The highest BCUT2D eigenvalue weighted by Crippen LogP contribution is 2.27. The second-order valence-corrected chi connectivity index (χ2v) is 7.17. The van der Waals surface area contributed by atoms with Crippen molar-refractivity contribution in [2.75, 3.05) is 5.32 Å². The molecule has 1 saturated carbocycles. The van der Waals surface area contributed by atoms with E-state index in [-0.39, 0.29) is 17.9 Å². The number of nitrogens with one attached hydrogen (secondary N) is 1. The van der Waals surface area contributed by atoms with Gasteiger partial charge in [-0.3, -0.25) is 9.48 Å². The van der Waals surface area contributed by atoms with Gasteiger partial charge in [0.05, 0.1) is 23.6 Å². The number of rotatable bonds is 4. The van der Waals surface area contributed by atoms with Gasteiger partial charge in [-0.15, -0.1) is 5.10 Å². The van der Waals surface area contributed by atoms with E-state index < -0.39 is 0 Å². The Bertz CT molecular complexity index is 1190. The summed E-state index contributed by atoms with van der Waals surface area (Å²) in [7, 11) is 1.91. The van der Waals surface area contributed by atoms with Crippen LogP contribution in [0.25, 0.3) is 27.8 Å². The number of aryl methyl sites for hydroxylation is 1. The molecule has 28 heavy (non-hydrogen) atoms. The first-order valence-corrected chi connectivity index (χ1v) is 9.15. The van der Waals surface area contributed by atoms with Crippen LogP contribution in [-0.4, -0.2) is 46.7 Å². The van der Waals surface area contributed by atoms with Gasteiger partial charge in [0.2, 0.25) is 11.9 Å². The number of hydrogen-bond acceptors (Lipinski definition) is 7. The van der Waals surface area contributed by atoms with Gasteiger partial charge in [0.1, 0.15) is 0 Å². The first-order valence-electron chi connectivity index (χ1n) is 9.15. The Balaban J connectivity index is 1.47. The maximum atomic E-state index is 11.4. The van der Waals surface area contributed by atoms with E-state index in [1.807, 2.05) is 36.1 Å². The zero-order chi connectivity index (χ0) is 19.3. The van der Waals surface area contributed by atoms with Crippen LogP contribution in [0.4, 0.5) is 5.95 Å². The summed E-state index contributed by atoms with van der Waals surface area (Å²) < 4.78 is 3.51. The molecule has 1 amide bonds. The Hall–Kier alpha value is -3.56. The van der Waals surface area contributed by atoms with Crippen molar-refractivity contribution in [2.45, 2.75) is 25.3 Å². The predicted octanol–water partition coefficient (Wildman–Crippen LogP) is 1.16. The molecule has 3 N–H and O–H groups in total. The number of benzene rings is 1. The summed E-state index contributed by atoms with van der Waals surface area (Å²) in [5, 5.41) is 17.0. The summed E-state index contributed by atoms with van der Waals surface area (Å²) in [6.45, 7) is 0. The quantitative estimate of drug-likeness (QED) is 0.546. The summed E-state index contributed by atoms with van der Waals surface area (Å²) in [6.07, 6.45) is 5.82. The molecule has 142 valence electrons. The Morgan fingerprint density at radius 1 is 1.29 bits per heavy atom. The second-order valence-electron chi connectivity index (χ2n) is 7.17. The lowest BCUT2D eigenvalue weighted by molar-refractivity contribution is -0.121. The van der Waals surface area contributed by atoms with Crippen molar-refractivity contribution in [3.8, 4) is 5.69 Å². The van der Waals surface area contributed by atoms with Gasteiger partial charge in [-0.1, -0.05) is 5.21 Å². The molecule has 0 radical (unpaired) electrons. The molecular formula is C18H19N9O. The number of nitrogens with two attached hydrogens (primary N) is 1. The van der Waals surface area contributed by atoms with Gasteiger partial charge in [-0.05, 0) is 37.5 Å². The van der Waals surface area contributed by atoms with Gasteiger partial charge in [0.25, 0.3) is 0 Å². The van der Waals surface area contributed by atoms with Crippen LogP contribution in [0.15, 0.2) is 30.6 Å². The fourth-order valence-corrected chi connectivity index (χ4v) is 3.81. The van der Waals surface area contributed by atoms with Crippen LogP contribution in [-0.2, 0) is 11.8 Å². The molecule has 0 spiro atoms. The number of carbonyl (C=O) groups is 1. The fourth-order valence-electron chi connectivity index (χ4n) is 3.81. The van der Waals surface area contributed by atoms with E-state index in [1.165, 1.54) is 0 Å². The highest BCUT2D eigenvalue weighted by molar-refractivity contribution is 5.82. The van der Waals surface area contributed by atoms with E-state index in [1.54, 1.807) is 10.9 Å². The maximum Gasteiger partial charge on any atom is 0.225 e. The Labute approximate surface area is 159 Å². The van der Waals surface area contributed by atoms with Gasteiger partial charge < -0.3 is 11.1 Å². The number of nitrogens with zero attached hydrogens (tertiary/aromatic N) is 7. The van der Waals surface area contributed by atoms with E-state index in [0.717, 1.165) is 29.4 Å². The summed E-state index contributed by atoms with van der Waals surface area (Å²) in [5.41, 5.74) is 8.53. The molecule has 5 rings (SSSR count). The third-order valence-electron chi connectivity index (χ3n) is 5.34. The second kappa shape index (κ2) is 6.25. The van der Waals surface area contributed by atoms with Crippen LogP contribution in [0.1, 0.15) is 19.3 Å². The number of fused-ring (bicyclic) bond motifs is 2. The smallest absolute Gasteiger partial charge is 0.225 e. The van der Waals surface area contributed by atoms with Crippen molar-refractivity contribution in [1.82, 2.24) is 34.7 Å². The van der Waals surface area contributed by atoms with E-state index >= 15 is 0 Å². The molecule has 2 atom stereocenters. The lowest BCUT2D eigenvalue weighted by Crippen LogP contribution is -2.23. The molecule has 0 saturated heterocycles. The largest absolute Gasteiger partial charge is 0.369 e. The average molecular weight is 377 g/mol. The molecule has 3 aromatic heterocycles. The normalized spacial score (nSPS) is 19.5. The maximum absolute atomic E-state index is 11.4. The Morgan fingerprint density at radius 2 is 2.18 bits per heavy atom. The number of carbonyl (C=O) groups excluding carboxylic acids is 1. The lowest BCUT2D eigenvalue weighted by Gasteiger charge is -2.12. The van der Waals surface area contributed by atoms with Crippen LogP contribution in [0.2, 0.25) is 0 Å². The molecule has 4 aromatic rings. The van der Waals surface area contributed by atoms with Gasteiger partial charge in [-0.2, -0.15) is 14.8 Å². The highest BCUT2D eigenvalue weighted by Gasteiger charge is 2.28. The Morgan fingerprint density at radius 3 is 3.00 bits per heavy atom. The van der Waals surface area contributed by atoms with E-state index in [4.69, 9.17) is 5.73 Å². The van der Waals surface area contributed by atoms with Crippen molar-refractivity contribution < 1.29 is 4.79 Å². The lowest BCUT2D eigenvalue weighted by atomic mass is 10.1. The first kappa shape index (κ1) is 16.6. The SMILES string of the molecule is Cn1ncc2cc(-n3nnc4cnc(N[C@@H]5CC[C@@H](C(N)=O)C5)nc43)ccc21. The zero-order valence-corrected chi connectivity index (χ0v) is 15.3.